The Morgan fingerprint density at radius 2 is 2.00 bits per heavy atom. The van der Waals surface area contributed by atoms with Crippen molar-refractivity contribution in [1.29, 1.82) is 0 Å². The monoisotopic (exact) mass is 187 g/mol. The van der Waals surface area contributed by atoms with Gasteiger partial charge in [0.2, 0.25) is 0 Å². The van der Waals surface area contributed by atoms with Gasteiger partial charge in [-0.2, -0.15) is 0 Å². The third-order valence-electron chi connectivity index (χ3n) is 1.99. The molecule has 0 radical (unpaired) electrons. The van der Waals surface area contributed by atoms with Crippen molar-refractivity contribution in [2.45, 2.75) is 33.2 Å². The number of hydrogen-bond donors (Lipinski definition) is 1. The molecule has 1 N–H and O–H groups in total. The maximum atomic E-state index is 11.4. The van der Waals surface area contributed by atoms with E-state index in [2.05, 4.69) is 5.32 Å². The first-order valence-electron chi connectivity index (χ1n) is 4.83. The van der Waals surface area contributed by atoms with Crippen LogP contribution in [0, 0.1) is 5.92 Å². The van der Waals surface area contributed by atoms with E-state index in [4.69, 9.17) is 4.74 Å². The zero-order chi connectivity index (χ0) is 10.3. The van der Waals surface area contributed by atoms with Crippen LogP contribution in [-0.2, 0) is 9.53 Å². The van der Waals surface area contributed by atoms with Crippen molar-refractivity contribution >= 4 is 5.78 Å². The van der Waals surface area contributed by atoms with Crippen LogP contribution in [0.2, 0.25) is 0 Å². The lowest BCUT2D eigenvalue weighted by Crippen LogP contribution is -2.32. The zero-order valence-electron chi connectivity index (χ0n) is 9.09. The van der Waals surface area contributed by atoms with E-state index in [1.165, 1.54) is 0 Å². The second-order valence-electron chi connectivity index (χ2n) is 3.68. The summed E-state index contributed by atoms with van der Waals surface area (Å²) in [4.78, 5) is 11.4. The molecule has 0 rings (SSSR count). The molecule has 0 aliphatic rings. The molecular formula is C10H21NO2. The number of nitrogens with one attached hydrogen (secondary N) is 1. The highest BCUT2D eigenvalue weighted by molar-refractivity contribution is 5.82. The molecule has 0 aliphatic carbocycles. The largest absolute Gasteiger partial charge is 0.385 e. The number of carbonyl (C=O) groups is 1. The van der Waals surface area contributed by atoms with Crippen molar-refractivity contribution in [2.24, 2.45) is 5.92 Å². The zero-order valence-corrected chi connectivity index (χ0v) is 9.09. The second kappa shape index (κ2) is 7.04. The fraction of sp³-hybridized carbons (Fsp3) is 0.900. The molecule has 0 aliphatic heterocycles. The normalized spacial score (nSPS) is 13.3. The summed E-state index contributed by atoms with van der Waals surface area (Å²) in [5.41, 5.74) is 0. The fourth-order valence-electron chi connectivity index (χ4n) is 0.935. The maximum Gasteiger partial charge on any atom is 0.149 e. The van der Waals surface area contributed by atoms with Crippen LogP contribution in [-0.4, -0.2) is 32.1 Å². The summed E-state index contributed by atoms with van der Waals surface area (Å²) in [5, 5.41) is 3.11. The van der Waals surface area contributed by atoms with Crippen molar-refractivity contribution in [2.75, 3.05) is 20.3 Å². The molecule has 0 spiro atoms. The lowest BCUT2D eigenvalue weighted by molar-refractivity contribution is -0.122. The Kier molecular flexibility index (Phi) is 6.82. The van der Waals surface area contributed by atoms with Gasteiger partial charge in [-0.05, 0) is 6.42 Å². The van der Waals surface area contributed by atoms with E-state index in [0.717, 1.165) is 6.42 Å². The minimum absolute atomic E-state index is 0.103. The summed E-state index contributed by atoms with van der Waals surface area (Å²) in [6, 6.07) is 0.374. The first-order chi connectivity index (χ1) is 6.07. The van der Waals surface area contributed by atoms with Gasteiger partial charge in [0, 0.05) is 25.7 Å². The average Bonchev–Trinajstić information content (AvgIpc) is 2.10. The highest BCUT2D eigenvalue weighted by Crippen LogP contribution is 2.02. The van der Waals surface area contributed by atoms with Gasteiger partial charge < -0.3 is 10.1 Å². The standard InChI is InChI=1S/C10H21NO2/c1-8(2)11-7-10(12)9(3)5-6-13-4/h8-9,11H,5-7H2,1-4H3. The molecule has 13 heavy (non-hydrogen) atoms. The SMILES string of the molecule is COCCC(C)C(=O)CNC(C)C. The van der Waals surface area contributed by atoms with Crippen LogP contribution in [0.5, 0.6) is 0 Å². The molecule has 0 fully saturated rings. The predicted molar refractivity (Wildman–Crippen MR) is 53.8 cm³/mol. The third-order valence-corrected chi connectivity index (χ3v) is 1.99. The fourth-order valence-corrected chi connectivity index (χ4v) is 0.935. The van der Waals surface area contributed by atoms with E-state index in [9.17, 15) is 4.79 Å². The summed E-state index contributed by atoms with van der Waals surface area (Å²) in [6.07, 6.45) is 0.815. The number of rotatable bonds is 7. The first kappa shape index (κ1) is 12.6. The molecule has 3 nitrogen and oxygen atoms in total. The van der Waals surface area contributed by atoms with E-state index in [0.29, 0.717) is 19.2 Å². The van der Waals surface area contributed by atoms with E-state index < -0.39 is 0 Å². The van der Waals surface area contributed by atoms with Crippen LogP contribution in [0.15, 0.2) is 0 Å². The van der Waals surface area contributed by atoms with Crippen LogP contribution in [0.1, 0.15) is 27.2 Å². The Balaban J connectivity index is 3.57. The molecule has 0 saturated carbocycles. The minimum atomic E-state index is 0.103. The van der Waals surface area contributed by atoms with E-state index in [1.807, 2.05) is 20.8 Å². The molecule has 0 aromatic heterocycles. The summed E-state index contributed by atoms with van der Waals surface area (Å²) >= 11 is 0. The molecule has 78 valence electrons. The smallest absolute Gasteiger partial charge is 0.149 e. The van der Waals surface area contributed by atoms with Crippen LogP contribution in [0.3, 0.4) is 0 Å². The van der Waals surface area contributed by atoms with Crippen molar-refractivity contribution in [3.05, 3.63) is 0 Å². The number of Topliss-reactive ketones (excluding diaryl/α,β-unsaturated/α-hetero) is 1. The molecular weight excluding hydrogens is 166 g/mol. The van der Waals surface area contributed by atoms with Gasteiger partial charge in [0.05, 0.1) is 6.54 Å². The van der Waals surface area contributed by atoms with E-state index in [1.54, 1.807) is 7.11 Å². The Bertz CT molecular complexity index is 146. The molecule has 0 amide bonds. The summed E-state index contributed by atoms with van der Waals surface area (Å²) < 4.78 is 4.92. The molecule has 0 aromatic carbocycles. The topological polar surface area (TPSA) is 38.3 Å². The molecule has 1 atom stereocenters. The predicted octanol–water partition coefficient (Wildman–Crippen LogP) is 1.23. The van der Waals surface area contributed by atoms with E-state index in [-0.39, 0.29) is 11.7 Å². The van der Waals surface area contributed by atoms with Crippen molar-refractivity contribution < 1.29 is 9.53 Å². The number of ether oxygens (including phenoxy) is 1. The lowest BCUT2D eigenvalue weighted by atomic mass is 10.0. The molecule has 1 unspecified atom stereocenters. The third kappa shape index (κ3) is 6.72. The van der Waals surface area contributed by atoms with Crippen LogP contribution < -0.4 is 5.32 Å². The van der Waals surface area contributed by atoms with Gasteiger partial charge in [-0.25, -0.2) is 0 Å². The highest BCUT2D eigenvalue weighted by atomic mass is 16.5. The van der Waals surface area contributed by atoms with Crippen molar-refractivity contribution in [3.63, 3.8) is 0 Å². The number of methoxy groups -OCH3 is 1. The summed E-state index contributed by atoms with van der Waals surface area (Å²) in [6.45, 7) is 7.15. The van der Waals surface area contributed by atoms with Gasteiger partial charge >= 0.3 is 0 Å². The Hall–Kier alpha value is -0.410. The van der Waals surface area contributed by atoms with Gasteiger partial charge in [-0.15, -0.1) is 0 Å². The van der Waals surface area contributed by atoms with Crippen LogP contribution in [0.25, 0.3) is 0 Å². The Morgan fingerprint density at radius 3 is 2.46 bits per heavy atom. The first-order valence-corrected chi connectivity index (χ1v) is 4.83. The maximum absolute atomic E-state index is 11.4. The second-order valence-corrected chi connectivity index (χ2v) is 3.68. The molecule has 3 heteroatoms. The van der Waals surface area contributed by atoms with Crippen LogP contribution in [0.4, 0.5) is 0 Å². The Labute approximate surface area is 80.8 Å². The van der Waals surface area contributed by atoms with E-state index >= 15 is 0 Å². The summed E-state index contributed by atoms with van der Waals surface area (Å²) in [7, 11) is 1.66. The van der Waals surface area contributed by atoms with Gasteiger partial charge in [-0.3, -0.25) is 4.79 Å². The lowest BCUT2D eigenvalue weighted by Gasteiger charge is -2.12. The van der Waals surface area contributed by atoms with Gasteiger partial charge in [0.25, 0.3) is 0 Å². The number of ketones is 1. The minimum Gasteiger partial charge on any atom is -0.385 e. The van der Waals surface area contributed by atoms with Crippen LogP contribution >= 0.6 is 0 Å². The van der Waals surface area contributed by atoms with Gasteiger partial charge in [0.15, 0.2) is 0 Å². The van der Waals surface area contributed by atoms with Gasteiger partial charge in [-0.1, -0.05) is 20.8 Å². The molecule has 0 heterocycles. The summed E-state index contributed by atoms with van der Waals surface area (Å²) in [5.74, 6) is 0.372. The van der Waals surface area contributed by atoms with Gasteiger partial charge in [0.1, 0.15) is 5.78 Å². The van der Waals surface area contributed by atoms with Crippen molar-refractivity contribution in [1.82, 2.24) is 5.32 Å². The molecule has 0 saturated heterocycles. The Morgan fingerprint density at radius 1 is 1.38 bits per heavy atom. The average molecular weight is 187 g/mol. The molecule has 0 bridgehead atoms. The van der Waals surface area contributed by atoms with Crippen molar-refractivity contribution in [3.8, 4) is 0 Å². The highest BCUT2D eigenvalue weighted by Gasteiger charge is 2.11. The molecule has 0 aromatic rings. The number of hydrogen-bond acceptors (Lipinski definition) is 3. The number of carbonyl (C=O) groups excluding carboxylic acids is 1. The quantitative estimate of drug-likeness (QED) is 0.651.